The summed E-state index contributed by atoms with van der Waals surface area (Å²) in [5.41, 5.74) is 1.85. The van der Waals surface area contributed by atoms with Gasteiger partial charge in [0, 0.05) is 32.6 Å². The molecule has 1 aromatic heterocycles. The Kier molecular flexibility index (Phi) is 6.01. The number of aryl methyl sites for hydroxylation is 1. The van der Waals surface area contributed by atoms with Gasteiger partial charge in [-0.05, 0) is 30.0 Å². The average Bonchev–Trinajstić information content (AvgIpc) is 2.90. The second kappa shape index (κ2) is 7.99. The second-order valence-electron chi connectivity index (χ2n) is 5.70. The van der Waals surface area contributed by atoms with E-state index in [2.05, 4.69) is 29.1 Å². The molecule has 1 atom stereocenters. The van der Waals surface area contributed by atoms with Crippen LogP contribution in [0.3, 0.4) is 0 Å². The normalized spacial score (nSPS) is 12.3. The molecule has 0 saturated carbocycles. The SMILES string of the molecule is CCCn1ccc2ccc(NC(=O)N(C)CC(O)COC)cc21. The van der Waals surface area contributed by atoms with Gasteiger partial charge in [0.2, 0.25) is 0 Å². The Hall–Kier alpha value is -2.05. The van der Waals surface area contributed by atoms with Crippen molar-refractivity contribution in [2.24, 2.45) is 0 Å². The Balaban J connectivity index is 2.05. The molecule has 0 bridgehead atoms. The number of aliphatic hydroxyl groups is 1. The fourth-order valence-electron chi connectivity index (χ4n) is 2.56. The first-order valence-electron chi connectivity index (χ1n) is 7.83. The molecule has 6 heteroatoms. The van der Waals surface area contributed by atoms with Crippen LogP contribution in [0.15, 0.2) is 30.5 Å². The highest BCUT2D eigenvalue weighted by Crippen LogP contribution is 2.21. The molecule has 0 spiro atoms. The van der Waals surface area contributed by atoms with Crippen molar-refractivity contribution in [3.05, 3.63) is 30.5 Å². The number of amides is 2. The number of nitrogens with zero attached hydrogens (tertiary/aromatic N) is 2. The van der Waals surface area contributed by atoms with Crippen LogP contribution in [0.2, 0.25) is 0 Å². The monoisotopic (exact) mass is 319 g/mol. The highest BCUT2D eigenvalue weighted by molar-refractivity contribution is 5.92. The van der Waals surface area contributed by atoms with Gasteiger partial charge in [-0.3, -0.25) is 0 Å². The molecule has 2 aromatic rings. The third-order valence-corrected chi connectivity index (χ3v) is 3.68. The van der Waals surface area contributed by atoms with Gasteiger partial charge in [0.05, 0.1) is 24.8 Å². The molecule has 2 rings (SSSR count). The molecule has 1 unspecified atom stereocenters. The first-order chi connectivity index (χ1) is 11.0. The van der Waals surface area contributed by atoms with Gasteiger partial charge in [0.15, 0.2) is 0 Å². The number of aliphatic hydroxyl groups excluding tert-OH is 1. The van der Waals surface area contributed by atoms with Gasteiger partial charge < -0.3 is 24.6 Å². The lowest BCUT2D eigenvalue weighted by molar-refractivity contribution is 0.0501. The number of aromatic nitrogens is 1. The van der Waals surface area contributed by atoms with Crippen molar-refractivity contribution in [1.29, 1.82) is 0 Å². The Bertz CT molecular complexity index is 654. The Morgan fingerprint density at radius 1 is 1.43 bits per heavy atom. The molecule has 23 heavy (non-hydrogen) atoms. The quantitative estimate of drug-likeness (QED) is 0.824. The zero-order valence-electron chi connectivity index (χ0n) is 14.0. The predicted octanol–water partition coefficient (Wildman–Crippen LogP) is 2.52. The van der Waals surface area contributed by atoms with E-state index in [0.717, 1.165) is 29.6 Å². The summed E-state index contributed by atoms with van der Waals surface area (Å²) >= 11 is 0. The number of nitrogens with one attached hydrogen (secondary N) is 1. The van der Waals surface area contributed by atoms with E-state index in [1.807, 2.05) is 18.2 Å². The number of urea groups is 1. The summed E-state index contributed by atoms with van der Waals surface area (Å²) in [6.45, 7) is 3.50. The lowest BCUT2D eigenvalue weighted by atomic mass is 10.2. The van der Waals surface area contributed by atoms with Crippen LogP contribution in [0.4, 0.5) is 10.5 Å². The number of methoxy groups -OCH3 is 1. The summed E-state index contributed by atoms with van der Waals surface area (Å²) in [6, 6.07) is 7.67. The molecule has 6 nitrogen and oxygen atoms in total. The minimum absolute atomic E-state index is 0.202. The van der Waals surface area contributed by atoms with Crippen molar-refractivity contribution in [2.45, 2.75) is 26.0 Å². The minimum Gasteiger partial charge on any atom is -0.389 e. The maximum absolute atomic E-state index is 12.2. The summed E-state index contributed by atoms with van der Waals surface area (Å²) in [5, 5.41) is 13.7. The van der Waals surface area contributed by atoms with Crippen molar-refractivity contribution >= 4 is 22.6 Å². The van der Waals surface area contributed by atoms with E-state index in [1.165, 1.54) is 12.0 Å². The third-order valence-electron chi connectivity index (χ3n) is 3.68. The number of carbonyl (C=O) groups is 1. The Morgan fingerprint density at radius 2 is 2.22 bits per heavy atom. The molecule has 1 heterocycles. The van der Waals surface area contributed by atoms with Gasteiger partial charge in [-0.1, -0.05) is 13.0 Å². The van der Waals surface area contributed by atoms with Crippen molar-refractivity contribution in [3.63, 3.8) is 0 Å². The maximum atomic E-state index is 12.2. The van der Waals surface area contributed by atoms with Gasteiger partial charge in [-0.25, -0.2) is 4.79 Å². The average molecular weight is 319 g/mol. The topological polar surface area (TPSA) is 66.7 Å². The number of fused-ring (bicyclic) bond motifs is 1. The minimum atomic E-state index is -0.694. The van der Waals surface area contributed by atoms with Crippen LogP contribution in [-0.4, -0.2) is 54.0 Å². The lowest BCUT2D eigenvalue weighted by Crippen LogP contribution is -2.38. The van der Waals surface area contributed by atoms with Crippen LogP contribution in [-0.2, 0) is 11.3 Å². The first-order valence-corrected chi connectivity index (χ1v) is 7.83. The molecule has 0 aliphatic heterocycles. The van der Waals surface area contributed by atoms with Gasteiger partial charge in [-0.2, -0.15) is 0 Å². The Morgan fingerprint density at radius 3 is 2.91 bits per heavy atom. The van der Waals surface area contributed by atoms with Crippen LogP contribution >= 0.6 is 0 Å². The number of carbonyl (C=O) groups excluding carboxylic acids is 1. The molecule has 0 saturated heterocycles. The molecular weight excluding hydrogens is 294 g/mol. The largest absolute Gasteiger partial charge is 0.389 e. The van der Waals surface area contributed by atoms with E-state index >= 15 is 0 Å². The molecule has 1 aromatic carbocycles. The molecular formula is C17H25N3O3. The number of anilines is 1. The number of benzene rings is 1. The van der Waals surface area contributed by atoms with Crippen LogP contribution in [0.5, 0.6) is 0 Å². The van der Waals surface area contributed by atoms with Gasteiger partial charge in [0.25, 0.3) is 0 Å². The summed E-state index contributed by atoms with van der Waals surface area (Å²) in [4.78, 5) is 13.6. The van der Waals surface area contributed by atoms with E-state index in [1.54, 1.807) is 7.05 Å². The van der Waals surface area contributed by atoms with Crippen LogP contribution in [0.1, 0.15) is 13.3 Å². The smallest absolute Gasteiger partial charge is 0.321 e. The number of ether oxygens (including phenoxy) is 1. The number of likely N-dealkylation sites (N-methyl/N-ethyl adjacent to an activating group) is 1. The highest BCUT2D eigenvalue weighted by Gasteiger charge is 2.14. The maximum Gasteiger partial charge on any atom is 0.321 e. The molecule has 2 amide bonds. The number of rotatable bonds is 7. The van der Waals surface area contributed by atoms with Crippen LogP contribution in [0.25, 0.3) is 10.9 Å². The summed E-state index contributed by atoms with van der Waals surface area (Å²) in [5.74, 6) is 0. The van der Waals surface area contributed by atoms with Crippen LogP contribution in [0, 0.1) is 0 Å². The zero-order valence-corrected chi connectivity index (χ0v) is 14.0. The molecule has 0 aliphatic rings. The highest BCUT2D eigenvalue weighted by atomic mass is 16.5. The predicted molar refractivity (Wildman–Crippen MR) is 91.8 cm³/mol. The zero-order chi connectivity index (χ0) is 16.8. The van der Waals surface area contributed by atoms with E-state index in [-0.39, 0.29) is 19.2 Å². The number of hydrogen-bond donors (Lipinski definition) is 2. The third kappa shape index (κ3) is 4.46. The summed E-state index contributed by atoms with van der Waals surface area (Å²) in [6.07, 6.45) is 2.42. The van der Waals surface area contributed by atoms with E-state index in [4.69, 9.17) is 4.74 Å². The first kappa shape index (κ1) is 17.3. The molecule has 0 fully saturated rings. The van der Waals surface area contributed by atoms with Gasteiger partial charge in [-0.15, -0.1) is 0 Å². The molecule has 0 aliphatic carbocycles. The Labute approximate surface area is 136 Å². The fourth-order valence-corrected chi connectivity index (χ4v) is 2.56. The van der Waals surface area contributed by atoms with Crippen molar-refractivity contribution in [3.8, 4) is 0 Å². The second-order valence-corrected chi connectivity index (χ2v) is 5.70. The van der Waals surface area contributed by atoms with E-state index < -0.39 is 6.10 Å². The summed E-state index contributed by atoms with van der Waals surface area (Å²) in [7, 11) is 3.16. The van der Waals surface area contributed by atoms with E-state index in [0.29, 0.717) is 0 Å². The summed E-state index contributed by atoms with van der Waals surface area (Å²) < 4.78 is 7.04. The van der Waals surface area contributed by atoms with E-state index in [9.17, 15) is 9.90 Å². The van der Waals surface area contributed by atoms with Crippen molar-refractivity contribution in [1.82, 2.24) is 9.47 Å². The fraction of sp³-hybridized carbons (Fsp3) is 0.471. The van der Waals surface area contributed by atoms with Crippen LogP contribution < -0.4 is 5.32 Å². The lowest BCUT2D eigenvalue weighted by Gasteiger charge is -2.21. The van der Waals surface area contributed by atoms with Crippen molar-refractivity contribution in [2.75, 3.05) is 32.6 Å². The number of hydrogen-bond acceptors (Lipinski definition) is 3. The van der Waals surface area contributed by atoms with Gasteiger partial charge in [0.1, 0.15) is 0 Å². The molecule has 0 radical (unpaired) electrons. The molecule has 2 N–H and O–H groups in total. The van der Waals surface area contributed by atoms with Gasteiger partial charge >= 0.3 is 6.03 Å². The van der Waals surface area contributed by atoms with Crippen molar-refractivity contribution < 1.29 is 14.6 Å². The standard InChI is InChI=1S/C17H25N3O3/c1-4-8-20-9-7-13-5-6-14(10-16(13)20)18-17(22)19(2)11-15(21)12-23-3/h5-7,9-10,15,21H,4,8,11-12H2,1-3H3,(H,18,22). The molecule has 126 valence electrons.